The molecule has 0 unspecified atom stereocenters. The summed E-state index contributed by atoms with van der Waals surface area (Å²) in [6, 6.07) is 18.4. The molecule has 0 saturated carbocycles. The SMILES string of the molecule is Cc1cc(/C=N\NC(=O)COc2ccc(C3SCCS3)cc2)c(C)n1-c1cccc(I)c1. The number of ether oxygens (including phenoxy) is 1. The summed E-state index contributed by atoms with van der Waals surface area (Å²) >= 11 is 6.25. The van der Waals surface area contributed by atoms with Crippen molar-refractivity contribution in [1.29, 1.82) is 0 Å². The monoisotopic (exact) mass is 577 g/mol. The first kappa shape index (κ1) is 23.3. The van der Waals surface area contributed by atoms with Gasteiger partial charge in [-0.15, -0.1) is 23.5 Å². The zero-order chi connectivity index (χ0) is 22.5. The number of aromatic nitrogens is 1. The lowest BCUT2D eigenvalue weighted by atomic mass is 10.2. The van der Waals surface area contributed by atoms with Crippen molar-refractivity contribution in [1.82, 2.24) is 9.99 Å². The van der Waals surface area contributed by atoms with Gasteiger partial charge in [0.1, 0.15) is 5.75 Å². The predicted molar refractivity (Wildman–Crippen MR) is 143 cm³/mol. The Balaban J connectivity index is 1.31. The number of hydrogen-bond donors (Lipinski definition) is 1. The van der Waals surface area contributed by atoms with E-state index in [1.54, 1.807) is 6.21 Å². The first-order valence-electron chi connectivity index (χ1n) is 10.2. The molecule has 1 aromatic heterocycles. The summed E-state index contributed by atoms with van der Waals surface area (Å²) in [7, 11) is 0. The molecule has 0 aliphatic carbocycles. The van der Waals surface area contributed by atoms with Crippen LogP contribution in [0.4, 0.5) is 0 Å². The van der Waals surface area contributed by atoms with Gasteiger partial charge in [0.15, 0.2) is 6.61 Å². The molecule has 0 bridgehead atoms. The lowest BCUT2D eigenvalue weighted by Crippen LogP contribution is -2.24. The van der Waals surface area contributed by atoms with Crippen molar-refractivity contribution in [2.75, 3.05) is 18.1 Å². The number of carbonyl (C=O) groups excluding carboxylic acids is 1. The minimum atomic E-state index is -0.293. The summed E-state index contributed by atoms with van der Waals surface area (Å²) in [5.74, 6) is 2.79. The number of carbonyl (C=O) groups is 1. The zero-order valence-corrected chi connectivity index (χ0v) is 21.7. The van der Waals surface area contributed by atoms with Crippen LogP contribution in [-0.4, -0.2) is 34.8 Å². The molecule has 2 aromatic carbocycles. The fraction of sp³-hybridized carbons (Fsp3) is 0.250. The number of hydrazone groups is 1. The third kappa shape index (κ3) is 5.71. The summed E-state index contributed by atoms with van der Waals surface area (Å²) in [4.78, 5) is 12.1. The first-order valence-corrected chi connectivity index (χ1v) is 13.4. The van der Waals surface area contributed by atoms with Crippen LogP contribution >= 0.6 is 46.1 Å². The molecule has 8 heteroatoms. The molecule has 32 heavy (non-hydrogen) atoms. The largest absolute Gasteiger partial charge is 0.484 e. The Morgan fingerprint density at radius 2 is 1.94 bits per heavy atom. The van der Waals surface area contributed by atoms with Gasteiger partial charge < -0.3 is 9.30 Å². The average Bonchev–Trinajstić information content (AvgIpc) is 3.41. The highest BCUT2D eigenvalue weighted by Gasteiger charge is 2.18. The second kappa shape index (κ2) is 10.8. The number of amides is 1. The maximum Gasteiger partial charge on any atom is 0.277 e. The van der Waals surface area contributed by atoms with E-state index < -0.39 is 0 Å². The molecule has 1 N–H and O–H groups in total. The number of nitrogens with one attached hydrogen (secondary N) is 1. The van der Waals surface area contributed by atoms with Gasteiger partial charge in [-0.25, -0.2) is 5.43 Å². The minimum absolute atomic E-state index is 0.0783. The Morgan fingerprint density at radius 3 is 2.66 bits per heavy atom. The molecular weight excluding hydrogens is 553 g/mol. The van der Waals surface area contributed by atoms with Crippen LogP contribution in [0.5, 0.6) is 5.75 Å². The molecule has 1 aliphatic rings. The number of aryl methyl sites for hydroxylation is 1. The molecule has 1 aliphatic heterocycles. The molecule has 1 amide bonds. The molecule has 4 rings (SSSR count). The standard InChI is InChI=1S/C24H24IN3O2S2/c1-16-12-19(17(2)28(16)21-5-3-4-20(25)13-21)14-26-27-23(29)15-30-22-8-6-18(7-9-22)24-31-10-11-32-24/h3-9,12-14,24H,10-11,15H2,1-2H3,(H,27,29)/b26-14-. The highest BCUT2D eigenvalue weighted by Crippen LogP contribution is 2.45. The van der Waals surface area contributed by atoms with Crippen molar-refractivity contribution in [3.05, 3.63) is 80.7 Å². The lowest BCUT2D eigenvalue weighted by Gasteiger charge is -2.10. The molecule has 1 fully saturated rings. The van der Waals surface area contributed by atoms with Crippen LogP contribution in [0.1, 0.15) is 27.1 Å². The fourth-order valence-electron chi connectivity index (χ4n) is 3.56. The molecule has 0 spiro atoms. The van der Waals surface area contributed by atoms with Gasteiger partial charge in [-0.3, -0.25) is 4.79 Å². The molecule has 0 atom stereocenters. The van der Waals surface area contributed by atoms with Crippen LogP contribution < -0.4 is 10.2 Å². The van der Waals surface area contributed by atoms with Crippen LogP contribution in [0, 0.1) is 17.4 Å². The van der Waals surface area contributed by atoms with Crippen molar-refractivity contribution in [3.63, 3.8) is 0 Å². The Labute approximate surface area is 210 Å². The maximum atomic E-state index is 12.1. The molecule has 0 radical (unpaired) electrons. The van der Waals surface area contributed by atoms with Crippen LogP contribution in [0.3, 0.4) is 0 Å². The Bertz CT molecular complexity index is 1120. The second-order valence-corrected chi connectivity index (χ2v) is 11.3. The average molecular weight is 578 g/mol. The van der Waals surface area contributed by atoms with Gasteiger partial charge in [0, 0.05) is 37.7 Å². The third-order valence-electron chi connectivity index (χ3n) is 5.07. The Hall–Kier alpha value is -1.91. The molecule has 3 aromatic rings. The molecule has 5 nitrogen and oxygen atoms in total. The summed E-state index contributed by atoms with van der Waals surface area (Å²) in [6.45, 7) is 4.03. The van der Waals surface area contributed by atoms with E-state index in [4.69, 9.17) is 4.74 Å². The van der Waals surface area contributed by atoms with E-state index in [2.05, 4.69) is 81.0 Å². The van der Waals surface area contributed by atoms with Gasteiger partial charge in [0.05, 0.1) is 10.8 Å². The topological polar surface area (TPSA) is 55.6 Å². The number of nitrogens with zero attached hydrogens (tertiary/aromatic N) is 2. The van der Waals surface area contributed by atoms with Crippen molar-refractivity contribution in [2.24, 2.45) is 5.10 Å². The fourth-order valence-corrected chi connectivity index (χ4v) is 6.94. The molecular formula is C24H24IN3O2S2. The van der Waals surface area contributed by atoms with Gasteiger partial charge in [-0.1, -0.05) is 18.2 Å². The summed E-state index contributed by atoms with van der Waals surface area (Å²) in [5.41, 5.74) is 8.09. The van der Waals surface area contributed by atoms with Gasteiger partial charge in [0.2, 0.25) is 0 Å². The number of hydrogen-bond acceptors (Lipinski definition) is 5. The van der Waals surface area contributed by atoms with E-state index in [1.807, 2.05) is 48.6 Å². The first-order chi connectivity index (χ1) is 15.5. The quantitative estimate of drug-likeness (QED) is 0.222. The van der Waals surface area contributed by atoms with E-state index in [0.29, 0.717) is 10.3 Å². The van der Waals surface area contributed by atoms with Crippen LogP contribution in [-0.2, 0) is 4.79 Å². The predicted octanol–water partition coefficient (Wildman–Crippen LogP) is 5.71. The van der Waals surface area contributed by atoms with Gasteiger partial charge >= 0.3 is 0 Å². The van der Waals surface area contributed by atoms with Gasteiger partial charge in [-0.2, -0.15) is 5.10 Å². The van der Waals surface area contributed by atoms with E-state index in [-0.39, 0.29) is 12.5 Å². The van der Waals surface area contributed by atoms with Gasteiger partial charge in [-0.05, 0) is 78.4 Å². The zero-order valence-electron chi connectivity index (χ0n) is 17.9. The molecule has 166 valence electrons. The Kier molecular flexibility index (Phi) is 7.85. The van der Waals surface area contributed by atoms with Crippen LogP contribution in [0.2, 0.25) is 0 Å². The second-order valence-electron chi connectivity index (χ2n) is 7.37. The van der Waals surface area contributed by atoms with Gasteiger partial charge in [0.25, 0.3) is 5.91 Å². The third-order valence-corrected chi connectivity index (χ3v) is 8.85. The Morgan fingerprint density at radius 1 is 1.19 bits per heavy atom. The lowest BCUT2D eigenvalue weighted by molar-refractivity contribution is -0.123. The number of thioether (sulfide) groups is 2. The van der Waals surface area contributed by atoms with Crippen LogP contribution in [0.15, 0.2) is 59.7 Å². The highest BCUT2D eigenvalue weighted by atomic mass is 127. The highest BCUT2D eigenvalue weighted by molar-refractivity contribution is 14.1. The minimum Gasteiger partial charge on any atom is -0.484 e. The van der Waals surface area contributed by atoms with E-state index >= 15 is 0 Å². The van der Waals surface area contributed by atoms with Crippen LogP contribution in [0.25, 0.3) is 5.69 Å². The number of rotatable bonds is 7. The number of halogens is 1. The van der Waals surface area contributed by atoms with E-state index in [9.17, 15) is 4.79 Å². The van der Waals surface area contributed by atoms with Crippen molar-refractivity contribution >= 4 is 58.2 Å². The van der Waals surface area contributed by atoms with E-state index in [1.165, 1.54) is 20.6 Å². The van der Waals surface area contributed by atoms with Crippen molar-refractivity contribution in [2.45, 2.75) is 18.4 Å². The van der Waals surface area contributed by atoms with Crippen molar-refractivity contribution < 1.29 is 9.53 Å². The smallest absolute Gasteiger partial charge is 0.277 e. The molecule has 2 heterocycles. The summed E-state index contributed by atoms with van der Waals surface area (Å²) in [5, 5.41) is 4.12. The van der Waals surface area contributed by atoms with E-state index in [0.717, 1.165) is 22.6 Å². The summed E-state index contributed by atoms with van der Waals surface area (Å²) < 4.78 is 9.47. The van der Waals surface area contributed by atoms with Crippen molar-refractivity contribution in [3.8, 4) is 11.4 Å². The summed E-state index contributed by atoms with van der Waals surface area (Å²) in [6.07, 6.45) is 1.68. The maximum absolute atomic E-state index is 12.1. The normalized spacial score (nSPS) is 14.2. The number of benzene rings is 2. The molecule has 1 saturated heterocycles.